The highest BCUT2D eigenvalue weighted by atomic mass is 16.2. The van der Waals surface area contributed by atoms with Crippen LogP contribution >= 0.6 is 0 Å². The minimum absolute atomic E-state index is 0.286. The Bertz CT molecular complexity index is 467. The summed E-state index contributed by atoms with van der Waals surface area (Å²) in [6.07, 6.45) is 0.806. The number of benzene rings is 1. The molecule has 0 bridgehead atoms. The molecular weight excluding hydrogens is 240 g/mol. The van der Waals surface area contributed by atoms with Crippen LogP contribution in [0.15, 0.2) is 18.2 Å². The molecule has 0 fully saturated rings. The number of para-hydroxylation sites is 1. The molecule has 0 aliphatic rings. The van der Waals surface area contributed by atoms with Gasteiger partial charge in [0.2, 0.25) is 0 Å². The highest BCUT2D eigenvalue weighted by molar-refractivity contribution is 6.39. The minimum atomic E-state index is -0.607. The van der Waals surface area contributed by atoms with E-state index in [1.54, 1.807) is 0 Å². The number of anilines is 1. The molecule has 2 N–H and O–H groups in total. The van der Waals surface area contributed by atoms with Crippen molar-refractivity contribution in [1.29, 1.82) is 0 Å². The van der Waals surface area contributed by atoms with Crippen molar-refractivity contribution in [3.05, 3.63) is 29.3 Å². The molecule has 0 unspecified atom stereocenters. The Morgan fingerprint density at radius 1 is 1.21 bits per heavy atom. The number of aryl methyl sites for hydroxylation is 1. The Kier molecular flexibility index (Phi) is 5.55. The number of nitrogens with one attached hydrogen (secondary N) is 2. The van der Waals surface area contributed by atoms with Crippen molar-refractivity contribution in [2.24, 2.45) is 0 Å². The van der Waals surface area contributed by atoms with E-state index in [1.165, 1.54) is 0 Å². The summed E-state index contributed by atoms with van der Waals surface area (Å²) in [5.41, 5.74) is 2.74. The average molecular weight is 262 g/mol. The van der Waals surface area contributed by atoms with Gasteiger partial charge < -0.3 is 10.6 Å². The maximum Gasteiger partial charge on any atom is 0.313 e. The normalized spacial score (nSPS) is 10.4. The maximum absolute atomic E-state index is 11.8. The van der Waals surface area contributed by atoms with Gasteiger partial charge in [-0.1, -0.05) is 39.0 Å². The van der Waals surface area contributed by atoms with E-state index in [9.17, 15) is 9.59 Å². The largest absolute Gasteiger partial charge is 0.348 e. The summed E-state index contributed by atoms with van der Waals surface area (Å²) in [5.74, 6) is -0.904. The smallest absolute Gasteiger partial charge is 0.313 e. The molecule has 1 aromatic carbocycles. The Labute approximate surface area is 114 Å². The van der Waals surface area contributed by atoms with Crippen LogP contribution in [0.4, 0.5) is 5.69 Å². The number of hydrogen-bond donors (Lipinski definition) is 2. The summed E-state index contributed by atoms with van der Waals surface area (Å²) >= 11 is 0. The van der Waals surface area contributed by atoms with Crippen molar-refractivity contribution in [3.63, 3.8) is 0 Å². The fraction of sp³-hybridized carbons (Fsp3) is 0.467. The second-order valence-corrected chi connectivity index (χ2v) is 4.90. The molecule has 0 aliphatic heterocycles. The summed E-state index contributed by atoms with van der Waals surface area (Å²) in [6.45, 7) is 8.49. The van der Waals surface area contributed by atoms with Crippen molar-refractivity contribution in [2.75, 3.05) is 11.9 Å². The van der Waals surface area contributed by atoms with E-state index in [2.05, 4.69) is 24.5 Å². The molecule has 2 amide bonds. The Morgan fingerprint density at radius 2 is 1.89 bits per heavy atom. The predicted octanol–water partition coefficient (Wildman–Crippen LogP) is 2.58. The van der Waals surface area contributed by atoms with Crippen molar-refractivity contribution in [3.8, 4) is 0 Å². The third-order valence-corrected chi connectivity index (χ3v) is 2.91. The number of amides is 2. The van der Waals surface area contributed by atoms with E-state index in [-0.39, 0.29) is 5.92 Å². The van der Waals surface area contributed by atoms with Gasteiger partial charge in [-0.3, -0.25) is 9.59 Å². The van der Waals surface area contributed by atoms with Gasteiger partial charge in [0.25, 0.3) is 0 Å². The van der Waals surface area contributed by atoms with E-state index in [1.807, 2.05) is 32.0 Å². The van der Waals surface area contributed by atoms with E-state index < -0.39 is 11.8 Å². The molecule has 4 nitrogen and oxygen atoms in total. The van der Waals surface area contributed by atoms with Crippen LogP contribution in [0, 0.1) is 6.92 Å². The molecule has 0 radical (unpaired) electrons. The topological polar surface area (TPSA) is 58.2 Å². The second kappa shape index (κ2) is 6.92. The fourth-order valence-corrected chi connectivity index (χ4v) is 1.83. The van der Waals surface area contributed by atoms with Gasteiger partial charge in [0, 0.05) is 12.2 Å². The molecular formula is C15H22N2O2. The van der Waals surface area contributed by atoms with Gasteiger partial charge in [0.1, 0.15) is 0 Å². The quantitative estimate of drug-likeness (QED) is 0.819. The number of carbonyl (C=O) groups excluding carboxylic acids is 2. The summed E-state index contributed by atoms with van der Waals surface area (Å²) < 4.78 is 0. The first-order chi connectivity index (χ1) is 8.97. The van der Waals surface area contributed by atoms with Crippen molar-refractivity contribution in [2.45, 2.75) is 40.0 Å². The zero-order chi connectivity index (χ0) is 14.4. The van der Waals surface area contributed by atoms with Crippen LogP contribution in [0.25, 0.3) is 0 Å². The van der Waals surface area contributed by atoms with E-state index >= 15 is 0 Å². The van der Waals surface area contributed by atoms with Gasteiger partial charge in [-0.25, -0.2) is 0 Å². The molecule has 0 atom stereocenters. The summed E-state index contributed by atoms with van der Waals surface area (Å²) in [7, 11) is 0. The van der Waals surface area contributed by atoms with Crippen LogP contribution in [-0.4, -0.2) is 18.4 Å². The molecule has 0 saturated heterocycles. The van der Waals surface area contributed by atoms with Crippen LogP contribution in [-0.2, 0) is 9.59 Å². The van der Waals surface area contributed by atoms with Gasteiger partial charge in [-0.15, -0.1) is 0 Å². The van der Waals surface area contributed by atoms with Gasteiger partial charge in [0.15, 0.2) is 0 Å². The molecule has 1 rings (SSSR count). The lowest BCUT2D eigenvalue weighted by atomic mass is 9.98. The highest BCUT2D eigenvalue weighted by Crippen LogP contribution is 2.27. The molecule has 0 heterocycles. The first-order valence-electron chi connectivity index (χ1n) is 6.66. The zero-order valence-electron chi connectivity index (χ0n) is 12.0. The van der Waals surface area contributed by atoms with Gasteiger partial charge in [0.05, 0.1) is 0 Å². The SMILES string of the molecule is CCCNC(=O)C(=O)Nc1c(C)cccc1C(C)C. The van der Waals surface area contributed by atoms with Gasteiger partial charge in [-0.05, 0) is 30.4 Å². The molecule has 104 valence electrons. The summed E-state index contributed by atoms with van der Waals surface area (Å²) in [5, 5.41) is 5.29. The van der Waals surface area contributed by atoms with Crippen LogP contribution in [0.1, 0.15) is 44.2 Å². The summed E-state index contributed by atoms with van der Waals surface area (Å²) in [4.78, 5) is 23.4. The Balaban J connectivity index is 2.87. The first-order valence-corrected chi connectivity index (χ1v) is 6.66. The number of hydrogen-bond acceptors (Lipinski definition) is 2. The fourth-order valence-electron chi connectivity index (χ4n) is 1.83. The molecule has 0 aromatic heterocycles. The van der Waals surface area contributed by atoms with Crippen LogP contribution in [0.2, 0.25) is 0 Å². The second-order valence-electron chi connectivity index (χ2n) is 4.90. The molecule has 4 heteroatoms. The van der Waals surface area contributed by atoms with Crippen molar-refractivity contribution < 1.29 is 9.59 Å². The monoisotopic (exact) mass is 262 g/mol. The lowest BCUT2D eigenvalue weighted by Crippen LogP contribution is -2.36. The van der Waals surface area contributed by atoms with Crippen LogP contribution in [0.5, 0.6) is 0 Å². The number of carbonyl (C=O) groups is 2. The third-order valence-electron chi connectivity index (χ3n) is 2.91. The molecule has 0 spiro atoms. The van der Waals surface area contributed by atoms with E-state index in [0.717, 1.165) is 23.2 Å². The Morgan fingerprint density at radius 3 is 2.47 bits per heavy atom. The first kappa shape index (κ1) is 15.2. The lowest BCUT2D eigenvalue weighted by Gasteiger charge is -2.16. The van der Waals surface area contributed by atoms with Crippen molar-refractivity contribution in [1.82, 2.24) is 5.32 Å². The number of rotatable bonds is 4. The summed E-state index contributed by atoms with van der Waals surface area (Å²) in [6, 6.07) is 5.85. The molecule has 0 saturated carbocycles. The van der Waals surface area contributed by atoms with Crippen molar-refractivity contribution >= 4 is 17.5 Å². The highest BCUT2D eigenvalue weighted by Gasteiger charge is 2.16. The third kappa shape index (κ3) is 4.09. The predicted molar refractivity (Wildman–Crippen MR) is 77.2 cm³/mol. The van der Waals surface area contributed by atoms with E-state index in [4.69, 9.17) is 0 Å². The Hall–Kier alpha value is -1.84. The molecule has 19 heavy (non-hydrogen) atoms. The maximum atomic E-state index is 11.8. The van der Waals surface area contributed by atoms with Crippen LogP contribution in [0.3, 0.4) is 0 Å². The van der Waals surface area contributed by atoms with Gasteiger partial charge >= 0.3 is 11.8 Å². The van der Waals surface area contributed by atoms with E-state index in [0.29, 0.717) is 6.54 Å². The molecule has 0 aliphatic carbocycles. The van der Waals surface area contributed by atoms with Gasteiger partial charge in [-0.2, -0.15) is 0 Å². The minimum Gasteiger partial charge on any atom is -0.348 e. The van der Waals surface area contributed by atoms with Crippen LogP contribution < -0.4 is 10.6 Å². The lowest BCUT2D eigenvalue weighted by molar-refractivity contribution is -0.136. The molecule has 1 aromatic rings. The standard InChI is InChI=1S/C15H22N2O2/c1-5-9-16-14(18)15(19)17-13-11(4)7-6-8-12(13)10(2)3/h6-8,10H,5,9H2,1-4H3,(H,16,18)(H,17,19). The average Bonchev–Trinajstić information content (AvgIpc) is 2.37. The zero-order valence-corrected chi connectivity index (χ0v) is 12.0.